The zero-order valence-corrected chi connectivity index (χ0v) is 14.9. The van der Waals surface area contributed by atoms with Gasteiger partial charge < -0.3 is 10.0 Å². The molecule has 0 saturated carbocycles. The second-order valence-electron chi connectivity index (χ2n) is 6.98. The Morgan fingerprint density at radius 3 is 2.23 bits per heavy atom. The van der Waals surface area contributed by atoms with E-state index in [2.05, 4.69) is 0 Å². The SMILES string of the molecule is CSC1C(C(=O)C(C)(C)C)=C(CC(=O)O)C(=O)N1CC(C)C. The number of carbonyl (C=O) groups excluding carboxylic acids is 2. The minimum absolute atomic E-state index is 0.146. The van der Waals surface area contributed by atoms with Gasteiger partial charge in [-0.05, 0) is 12.2 Å². The van der Waals surface area contributed by atoms with Gasteiger partial charge >= 0.3 is 5.97 Å². The predicted octanol–water partition coefficient (Wildman–Crippen LogP) is 2.56. The molecule has 124 valence electrons. The third-order valence-electron chi connectivity index (χ3n) is 3.41. The third kappa shape index (κ3) is 3.91. The van der Waals surface area contributed by atoms with Crippen LogP contribution in [-0.2, 0) is 14.4 Å². The molecule has 1 aliphatic heterocycles. The molecule has 1 rings (SSSR count). The van der Waals surface area contributed by atoms with Crippen LogP contribution in [0.3, 0.4) is 0 Å². The molecule has 1 heterocycles. The highest BCUT2D eigenvalue weighted by Gasteiger charge is 2.44. The summed E-state index contributed by atoms with van der Waals surface area (Å²) in [7, 11) is 0. The second-order valence-corrected chi connectivity index (χ2v) is 7.90. The number of carbonyl (C=O) groups is 3. The summed E-state index contributed by atoms with van der Waals surface area (Å²) in [6.07, 6.45) is 1.44. The van der Waals surface area contributed by atoms with Crippen LogP contribution in [0.15, 0.2) is 11.1 Å². The Morgan fingerprint density at radius 1 is 1.32 bits per heavy atom. The van der Waals surface area contributed by atoms with Gasteiger partial charge in [0.2, 0.25) is 0 Å². The fraction of sp³-hybridized carbons (Fsp3) is 0.688. The maximum absolute atomic E-state index is 12.8. The molecular weight excluding hydrogens is 302 g/mol. The average molecular weight is 327 g/mol. The predicted molar refractivity (Wildman–Crippen MR) is 87.6 cm³/mol. The molecule has 1 unspecified atom stereocenters. The summed E-state index contributed by atoms with van der Waals surface area (Å²) < 4.78 is 0. The average Bonchev–Trinajstić information content (AvgIpc) is 2.60. The summed E-state index contributed by atoms with van der Waals surface area (Å²) in [5.41, 5.74) is -0.137. The third-order valence-corrected chi connectivity index (χ3v) is 4.35. The Kier molecular flexibility index (Phi) is 5.84. The van der Waals surface area contributed by atoms with Crippen LogP contribution >= 0.6 is 11.8 Å². The Labute approximate surface area is 136 Å². The maximum atomic E-state index is 12.8. The monoisotopic (exact) mass is 327 g/mol. The molecule has 0 spiro atoms. The van der Waals surface area contributed by atoms with Crippen LogP contribution in [0.5, 0.6) is 0 Å². The number of nitrogens with zero attached hydrogens (tertiary/aromatic N) is 1. The van der Waals surface area contributed by atoms with Crippen molar-refractivity contribution < 1.29 is 19.5 Å². The molecule has 1 amide bonds. The van der Waals surface area contributed by atoms with E-state index in [1.54, 1.807) is 25.7 Å². The summed E-state index contributed by atoms with van der Waals surface area (Å²) in [4.78, 5) is 38.1. The Bertz CT molecular complexity index is 517. The lowest BCUT2D eigenvalue weighted by Gasteiger charge is -2.28. The van der Waals surface area contributed by atoms with Gasteiger partial charge in [0.15, 0.2) is 5.78 Å². The van der Waals surface area contributed by atoms with E-state index in [1.165, 1.54) is 11.8 Å². The summed E-state index contributed by atoms with van der Waals surface area (Å²) in [5.74, 6) is -1.31. The topological polar surface area (TPSA) is 74.7 Å². The van der Waals surface area contributed by atoms with Crippen molar-refractivity contribution >= 4 is 29.4 Å². The van der Waals surface area contributed by atoms with E-state index in [0.717, 1.165) is 0 Å². The van der Waals surface area contributed by atoms with E-state index in [9.17, 15) is 14.4 Å². The van der Waals surface area contributed by atoms with Crippen LogP contribution in [-0.4, -0.2) is 45.8 Å². The zero-order chi connectivity index (χ0) is 17.2. The van der Waals surface area contributed by atoms with Crippen LogP contribution < -0.4 is 0 Å². The standard InChI is InChI=1S/C16H25NO4S/c1-9(2)8-17-14(21)10(7-11(18)19)12(15(17)22-6)13(20)16(3,4)5/h9,15H,7-8H2,1-6H3,(H,18,19). The van der Waals surface area contributed by atoms with Gasteiger partial charge in [0.05, 0.1) is 6.42 Å². The largest absolute Gasteiger partial charge is 0.481 e. The lowest BCUT2D eigenvalue weighted by Crippen LogP contribution is -2.38. The van der Waals surface area contributed by atoms with Gasteiger partial charge in [0.25, 0.3) is 5.91 Å². The van der Waals surface area contributed by atoms with Gasteiger partial charge in [-0.1, -0.05) is 34.6 Å². The number of amides is 1. The van der Waals surface area contributed by atoms with Crippen LogP contribution in [0.25, 0.3) is 0 Å². The molecule has 0 saturated heterocycles. The van der Waals surface area contributed by atoms with Crippen LogP contribution in [0.4, 0.5) is 0 Å². The Morgan fingerprint density at radius 2 is 1.86 bits per heavy atom. The van der Waals surface area contributed by atoms with Gasteiger partial charge in [-0.3, -0.25) is 14.4 Å². The number of carboxylic acid groups (broad SMARTS) is 1. The van der Waals surface area contributed by atoms with Crippen molar-refractivity contribution in [2.45, 2.75) is 46.4 Å². The smallest absolute Gasteiger partial charge is 0.308 e. The molecule has 1 atom stereocenters. The molecule has 0 aromatic rings. The minimum atomic E-state index is -1.09. The fourth-order valence-electron chi connectivity index (χ4n) is 2.49. The van der Waals surface area contributed by atoms with Gasteiger partial charge in [-0.25, -0.2) is 0 Å². The highest BCUT2D eigenvalue weighted by Crippen LogP contribution is 2.38. The molecule has 5 nitrogen and oxygen atoms in total. The van der Waals surface area contributed by atoms with E-state index in [1.807, 2.05) is 20.1 Å². The van der Waals surface area contributed by atoms with Crippen molar-refractivity contribution in [2.24, 2.45) is 11.3 Å². The first-order chi connectivity index (χ1) is 10.0. The number of aliphatic carboxylic acids is 1. The molecule has 22 heavy (non-hydrogen) atoms. The van der Waals surface area contributed by atoms with E-state index in [-0.39, 0.29) is 23.2 Å². The summed E-state index contributed by atoms with van der Waals surface area (Å²) in [6, 6.07) is 0. The lowest BCUT2D eigenvalue weighted by atomic mass is 9.84. The van der Waals surface area contributed by atoms with Crippen molar-refractivity contribution in [2.75, 3.05) is 12.8 Å². The fourth-order valence-corrected chi connectivity index (χ4v) is 3.41. The van der Waals surface area contributed by atoms with Gasteiger partial charge in [-0.2, -0.15) is 0 Å². The normalized spacial score (nSPS) is 19.3. The molecule has 0 aromatic heterocycles. The second kappa shape index (κ2) is 6.86. The highest BCUT2D eigenvalue weighted by atomic mass is 32.2. The van der Waals surface area contributed by atoms with Gasteiger partial charge in [0.1, 0.15) is 5.37 Å². The Hall–Kier alpha value is -1.30. The molecule has 0 radical (unpaired) electrons. The van der Waals surface area contributed by atoms with E-state index >= 15 is 0 Å². The summed E-state index contributed by atoms with van der Waals surface area (Å²) in [5, 5.41) is 8.71. The zero-order valence-electron chi connectivity index (χ0n) is 14.1. The molecule has 0 aromatic carbocycles. The maximum Gasteiger partial charge on any atom is 0.308 e. The number of hydrogen-bond donors (Lipinski definition) is 1. The molecule has 1 N–H and O–H groups in total. The Balaban J connectivity index is 3.37. The van der Waals surface area contributed by atoms with Crippen LogP contribution in [0, 0.1) is 11.3 Å². The van der Waals surface area contributed by atoms with E-state index < -0.39 is 23.2 Å². The molecule has 1 aliphatic rings. The van der Waals surface area contributed by atoms with Crippen molar-refractivity contribution in [3.8, 4) is 0 Å². The molecule has 0 bridgehead atoms. The van der Waals surface area contributed by atoms with Crippen molar-refractivity contribution in [1.82, 2.24) is 4.90 Å². The summed E-state index contributed by atoms with van der Waals surface area (Å²) >= 11 is 1.40. The minimum Gasteiger partial charge on any atom is -0.481 e. The molecule has 0 fully saturated rings. The highest BCUT2D eigenvalue weighted by molar-refractivity contribution is 7.99. The van der Waals surface area contributed by atoms with Crippen molar-refractivity contribution in [1.29, 1.82) is 0 Å². The number of hydrogen-bond acceptors (Lipinski definition) is 4. The first-order valence-corrected chi connectivity index (χ1v) is 8.62. The molecule has 0 aliphatic carbocycles. The quantitative estimate of drug-likeness (QED) is 0.811. The molecular formula is C16H25NO4S. The first kappa shape index (κ1) is 18.7. The van der Waals surface area contributed by atoms with Crippen LogP contribution in [0.2, 0.25) is 0 Å². The lowest BCUT2D eigenvalue weighted by molar-refractivity contribution is -0.137. The summed E-state index contributed by atoms with van der Waals surface area (Å²) in [6.45, 7) is 9.85. The number of rotatable bonds is 6. The van der Waals surface area contributed by atoms with Crippen molar-refractivity contribution in [3.05, 3.63) is 11.1 Å². The van der Waals surface area contributed by atoms with Crippen molar-refractivity contribution in [3.63, 3.8) is 0 Å². The van der Waals surface area contributed by atoms with Gasteiger partial charge in [-0.15, -0.1) is 11.8 Å². The van der Waals surface area contributed by atoms with E-state index in [4.69, 9.17) is 5.11 Å². The number of ketones is 1. The molecule has 6 heteroatoms. The van der Waals surface area contributed by atoms with E-state index in [0.29, 0.717) is 12.1 Å². The van der Waals surface area contributed by atoms with Gasteiger partial charge in [0, 0.05) is 23.1 Å². The number of carboxylic acids is 1. The number of Topliss-reactive ketones (excluding diaryl/α,β-unsaturated/α-hetero) is 1. The van der Waals surface area contributed by atoms with Crippen LogP contribution in [0.1, 0.15) is 41.0 Å². The number of thioether (sulfide) groups is 1. The first-order valence-electron chi connectivity index (χ1n) is 7.34.